The van der Waals surface area contributed by atoms with Crippen LogP contribution in [0, 0.1) is 0 Å². The zero-order valence-electron chi connectivity index (χ0n) is 20.8. The molecule has 1 saturated heterocycles. The maximum Gasteiger partial charge on any atom is 0.254 e. The number of nitrogens with zero attached hydrogens (tertiary/aromatic N) is 4. The fourth-order valence-electron chi connectivity index (χ4n) is 5.20. The van der Waals surface area contributed by atoms with Crippen LogP contribution in [0.15, 0.2) is 83.7 Å². The minimum Gasteiger partial charge on any atom is -0.336 e. The van der Waals surface area contributed by atoms with Crippen LogP contribution in [-0.4, -0.2) is 50.9 Å². The molecule has 1 aliphatic rings. The Morgan fingerprint density at radius 1 is 1.00 bits per heavy atom. The predicted octanol–water partition coefficient (Wildman–Crippen LogP) is 6.36. The molecular formula is C30H33BrN4O. The Balaban J connectivity index is 1.31. The van der Waals surface area contributed by atoms with Crippen LogP contribution in [0.1, 0.15) is 47.8 Å². The molecule has 6 heteroatoms. The lowest BCUT2D eigenvalue weighted by atomic mass is 10.0. The first-order valence-corrected chi connectivity index (χ1v) is 13.7. The molecule has 0 radical (unpaired) electrons. The van der Waals surface area contributed by atoms with Crippen LogP contribution in [0.3, 0.4) is 0 Å². The SMILES string of the molecule is CCCCC1CN(C(=O)c2cccc3ccccc23)CCN1Cc1cncn1Cc1ccc(Br)cc1. The number of rotatable bonds is 8. The smallest absolute Gasteiger partial charge is 0.254 e. The van der Waals surface area contributed by atoms with Gasteiger partial charge in [-0.15, -0.1) is 0 Å². The summed E-state index contributed by atoms with van der Waals surface area (Å²) in [6.45, 7) is 6.27. The minimum absolute atomic E-state index is 0.147. The summed E-state index contributed by atoms with van der Waals surface area (Å²) in [4.78, 5) is 22.7. The van der Waals surface area contributed by atoms with Gasteiger partial charge in [0.1, 0.15) is 0 Å². The Kier molecular flexibility index (Phi) is 7.83. The van der Waals surface area contributed by atoms with Gasteiger partial charge < -0.3 is 9.47 Å². The molecule has 0 spiro atoms. The number of imidazole rings is 1. The molecule has 5 nitrogen and oxygen atoms in total. The highest BCUT2D eigenvalue weighted by atomic mass is 79.9. The minimum atomic E-state index is 0.147. The molecule has 0 aliphatic carbocycles. The highest BCUT2D eigenvalue weighted by molar-refractivity contribution is 9.10. The van der Waals surface area contributed by atoms with E-state index in [1.165, 1.54) is 11.3 Å². The van der Waals surface area contributed by atoms with Crippen molar-refractivity contribution in [3.05, 3.63) is 101 Å². The Morgan fingerprint density at radius 2 is 1.81 bits per heavy atom. The number of benzene rings is 3. The normalized spacial score (nSPS) is 16.5. The van der Waals surface area contributed by atoms with Crippen molar-refractivity contribution in [1.82, 2.24) is 19.4 Å². The van der Waals surface area contributed by atoms with E-state index in [2.05, 4.69) is 84.7 Å². The number of carbonyl (C=O) groups is 1. The monoisotopic (exact) mass is 544 g/mol. The Bertz CT molecular complexity index is 1310. The second kappa shape index (κ2) is 11.4. The average Bonchev–Trinajstić information content (AvgIpc) is 3.35. The summed E-state index contributed by atoms with van der Waals surface area (Å²) in [5, 5.41) is 2.15. The number of unbranched alkanes of at least 4 members (excludes halogenated alkanes) is 1. The quantitative estimate of drug-likeness (QED) is 0.259. The van der Waals surface area contributed by atoms with Crippen molar-refractivity contribution < 1.29 is 4.79 Å². The zero-order chi connectivity index (χ0) is 24.9. The first kappa shape index (κ1) is 24.7. The highest BCUT2D eigenvalue weighted by Crippen LogP contribution is 2.24. The van der Waals surface area contributed by atoms with Crippen LogP contribution in [0.5, 0.6) is 0 Å². The van der Waals surface area contributed by atoms with Crippen molar-refractivity contribution in [2.24, 2.45) is 0 Å². The molecule has 0 bridgehead atoms. The number of fused-ring (bicyclic) bond motifs is 1. The van der Waals surface area contributed by atoms with Crippen LogP contribution >= 0.6 is 15.9 Å². The second-order valence-corrected chi connectivity index (χ2v) is 10.6. The van der Waals surface area contributed by atoms with Crippen molar-refractivity contribution in [3.63, 3.8) is 0 Å². The summed E-state index contributed by atoms with van der Waals surface area (Å²) in [5.74, 6) is 0.147. The third kappa shape index (κ3) is 5.55. The van der Waals surface area contributed by atoms with Gasteiger partial charge in [0.15, 0.2) is 0 Å². The standard InChI is InChI=1S/C30H33BrN4O/c1-2-3-9-26-20-34(30(36)29-11-6-8-24-7-4-5-10-28(24)29)17-16-33(26)21-27-18-32-22-35(27)19-23-12-14-25(31)15-13-23/h4-8,10-15,18,22,26H,2-3,9,16-17,19-21H2,1H3. The van der Waals surface area contributed by atoms with E-state index < -0.39 is 0 Å². The molecule has 3 aromatic carbocycles. The highest BCUT2D eigenvalue weighted by Gasteiger charge is 2.30. The maximum atomic E-state index is 13.6. The average molecular weight is 546 g/mol. The van der Waals surface area contributed by atoms with Gasteiger partial charge in [-0.25, -0.2) is 4.98 Å². The topological polar surface area (TPSA) is 41.4 Å². The van der Waals surface area contributed by atoms with Gasteiger partial charge in [-0.2, -0.15) is 0 Å². The largest absolute Gasteiger partial charge is 0.336 e. The third-order valence-corrected chi connectivity index (χ3v) is 7.76. The number of carbonyl (C=O) groups excluding carboxylic acids is 1. The first-order chi connectivity index (χ1) is 17.6. The molecule has 1 aromatic heterocycles. The fraction of sp³-hybridized carbons (Fsp3) is 0.333. The summed E-state index contributed by atoms with van der Waals surface area (Å²) in [6, 6.07) is 23.0. The molecular weight excluding hydrogens is 512 g/mol. The molecule has 1 atom stereocenters. The Hall–Kier alpha value is -2.96. The van der Waals surface area contributed by atoms with Gasteiger partial charge in [0.25, 0.3) is 5.91 Å². The van der Waals surface area contributed by atoms with Crippen LogP contribution in [-0.2, 0) is 13.1 Å². The Morgan fingerprint density at radius 3 is 2.64 bits per heavy atom. The summed E-state index contributed by atoms with van der Waals surface area (Å²) in [7, 11) is 0. The van der Waals surface area contributed by atoms with Crippen molar-refractivity contribution in [3.8, 4) is 0 Å². The summed E-state index contributed by atoms with van der Waals surface area (Å²) in [6.07, 6.45) is 7.33. The lowest BCUT2D eigenvalue weighted by Gasteiger charge is -2.41. The molecule has 0 saturated carbocycles. The number of hydrogen-bond acceptors (Lipinski definition) is 3. The molecule has 0 N–H and O–H groups in total. The molecule has 1 unspecified atom stereocenters. The number of aromatic nitrogens is 2. The van der Waals surface area contributed by atoms with Crippen molar-refractivity contribution in [2.75, 3.05) is 19.6 Å². The number of piperazine rings is 1. The molecule has 1 aliphatic heterocycles. The van der Waals surface area contributed by atoms with E-state index in [-0.39, 0.29) is 5.91 Å². The van der Waals surface area contributed by atoms with Crippen LogP contribution < -0.4 is 0 Å². The van der Waals surface area contributed by atoms with Gasteiger partial charge in [-0.05, 0) is 41.0 Å². The van der Waals surface area contributed by atoms with Crippen LogP contribution in [0.25, 0.3) is 10.8 Å². The second-order valence-electron chi connectivity index (χ2n) is 9.68. The molecule has 2 heterocycles. The number of amides is 1. The van der Waals surface area contributed by atoms with Gasteiger partial charge in [0.2, 0.25) is 0 Å². The molecule has 186 valence electrons. The lowest BCUT2D eigenvalue weighted by molar-refractivity contribution is 0.0429. The van der Waals surface area contributed by atoms with Crippen LogP contribution in [0.2, 0.25) is 0 Å². The van der Waals surface area contributed by atoms with Gasteiger partial charge in [-0.1, -0.05) is 84.2 Å². The van der Waals surface area contributed by atoms with E-state index in [0.29, 0.717) is 6.04 Å². The van der Waals surface area contributed by atoms with Gasteiger partial charge in [0.05, 0.1) is 12.0 Å². The zero-order valence-corrected chi connectivity index (χ0v) is 22.4. The van der Waals surface area contributed by atoms with Crippen LogP contribution in [0.4, 0.5) is 0 Å². The van der Waals surface area contributed by atoms with Gasteiger partial charge in [-0.3, -0.25) is 9.69 Å². The summed E-state index contributed by atoms with van der Waals surface area (Å²) in [5.41, 5.74) is 3.28. The van der Waals surface area contributed by atoms with Gasteiger partial charge >= 0.3 is 0 Å². The van der Waals surface area contributed by atoms with Gasteiger partial charge in [0, 0.05) is 55.0 Å². The van der Waals surface area contributed by atoms with Crippen molar-refractivity contribution in [1.29, 1.82) is 0 Å². The maximum absolute atomic E-state index is 13.6. The van der Waals surface area contributed by atoms with Crippen molar-refractivity contribution >= 4 is 32.6 Å². The number of halogens is 1. The molecule has 5 rings (SSSR count). The van der Waals surface area contributed by atoms with E-state index in [4.69, 9.17) is 0 Å². The molecule has 1 amide bonds. The van der Waals surface area contributed by atoms with E-state index in [0.717, 1.165) is 72.8 Å². The molecule has 4 aromatic rings. The third-order valence-electron chi connectivity index (χ3n) is 7.23. The first-order valence-electron chi connectivity index (χ1n) is 12.9. The van der Waals surface area contributed by atoms with E-state index in [1.54, 1.807) is 0 Å². The Labute approximate surface area is 221 Å². The summed E-state index contributed by atoms with van der Waals surface area (Å²) >= 11 is 3.52. The molecule has 1 fully saturated rings. The predicted molar refractivity (Wildman–Crippen MR) is 149 cm³/mol. The molecule has 36 heavy (non-hydrogen) atoms. The lowest BCUT2D eigenvalue weighted by Crippen LogP contribution is -2.54. The van der Waals surface area contributed by atoms with Crippen molar-refractivity contribution in [2.45, 2.75) is 45.3 Å². The van der Waals surface area contributed by atoms with E-state index >= 15 is 0 Å². The van der Waals surface area contributed by atoms with E-state index in [1.807, 2.05) is 36.8 Å². The fourth-order valence-corrected chi connectivity index (χ4v) is 5.46. The number of hydrogen-bond donors (Lipinski definition) is 0. The summed E-state index contributed by atoms with van der Waals surface area (Å²) < 4.78 is 3.33. The van der Waals surface area contributed by atoms with E-state index in [9.17, 15) is 4.79 Å².